The van der Waals surface area contributed by atoms with Gasteiger partial charge in [-0.05, 0) is 26.2 Å². The first-order valence-corrected chi connectivity index (χ1v) is 6.11. The van der Waals surface area contributed by atoms with Crippen LogP contribution in [-0.2, 0) is 4.74 Å². The van der Waals surface area contributed by atoms with Gasteiger partial charge < -0.3 is 15.6 Å². The highest BCUT2D eigenvalue weighted by Crippen LogP contribution is 2.33. The summed E-state index contributed by atoms with van der Waals surface area (Å²) < 4.78 is 5.37. The first kappa shape index (κ1) is 12.9. The minimum absolute atomic E-state index is 0.475. The number of hydrogen-bond donors (Lipinski definition) is 2. The fourth-order valence-corrected chi connectivity index (χ4v) is 2.28. The molecule has 0 aromatic heterocycles. The van der Waals surface area contributed by atoms with E-state index in [-0.39, 0.29) is 0 Å². The van der Waals surface area contributed by atoms with Gasteiger partial charge in [0, 0.05) is 25.2 Å². The Morgan fingerprint density at radius 1 is 1.40 bits per heavy atom. The Kier molecular flexibility index (Phi) is 4.56. The summed E-state index contributed by atoms with van der Waals surface area (Å²) in [6, 6.07) is 0. The third-order valence-corrected chi connectivity index (χ3v) is 3.65. The zero-order valence-corrected chi connectivity index (χ0v) is 10.1. The minimum Gasteiger partial charge on any atom is -0.388 e. The summed E-state index contributed by atoms with van der Waals surface area (Å²) in [5.41, 5.74) is 5.06. The average molecular weight is 215 g/mol. The maximum atomic E-state index is 10.6. The Bertz CT molecular complexity index is 184. The van der Waals surface area contributed by atoms with E-state index in [0.29, 0.717) is 13.0 Å². The largest absolute Gasteiger partial charge is 0.388 e. The van der Waals surface area contributed by atoms with Crippen LogP contribution in [0.4, 0.5) is 0 Å². The SMILES string of the molecule is CCCCC(C)(N)C1(O)CCCOCC1. The van der Waals surface area contributed by atoms with Gasteiger partial charge in [0.25, 0.3) is 0 Å². The molecule has 3 N–H and O–H groups in total. The fraction of sp³-hybridized carbons (Fsp3) is 1.00. The number of nitrogens with two attached hydrogens (primary N) is 1. The number of rotatable bonds is 4. The molecule has 0 aromatic rings. The van der Waals surface area contributed by atoms with Crippen molar-refractivity contribution < 1.29 is 9.84 Å². The Balaban J connectivity index is 2.63. The Labute approximate surface area is 93.0 Å². The highest BCUT2D eigenvalue weighted by molar-refractivity contribution is 5.00. The first-order chi connectivity index (χ1) is 7.02. The van der Waals surface area contributed by atoms with E-state index in [1.807, 2.05) is 6.92 Å². The molecular weight excluding hydrogens is 190 g/mol. The van der Waals surface area contributed by atoms with Crippen molar-refractivity contribution in [2.45, 2.75) is 63.5 Å². The van der Waals surface area contributed by atoms with Gasteiger partial charge in [0.15, 0.2) is 0 Å². The van der Waals surface area contributed by atoms with E-state index in [1.54, 1.807) is 0 Å². The second kappa shape index (κ2) is 5.28. The van der Waals surface area contributed by atoms with Crippen molar-refractivity contribution in [3.05, 3.63) is 0 Å². The van der Waals surface area contributed by atoms with Gasteiger partial charge in [-0.3, -0.25) is 0 Å². The van der Waals surface area contributed by atoms with Gasteiger partial charge in [-0.1, -0.05) is 19.8 Å². The van der Waals surface area contributed by atoms with Crippen molar-refractivity contribution in [1.29, 1.82) is 0 Å². The normalized spacial score (nSPS) is 32.0. The summed E-state index contributed by atoms with van der Waals surface area (Å²) in [4.78, 5) is 0. The van der Waals surface area contributed by atoms with Crippen LogP contribution in [-0.4, -0.2) is 29.5 Å². The van der Waals surface area contributed by atoms with Gasteiger partial charge in [0.2, 0.25) is 0 Å². The molecule has 15 heavy (non-hydrogen) atoms. The highest BCUT2D eigenvalue weighted by Gasteiger charge is 2.43. The molecule has 0 saturated carbocycles. The van der Waals surface area contributed by atoms with E-state index in [1.165, 1.54) is 0 Å². The fourth-order valence-electron chi connectivity index (χ4n) is 2.28. The molecule has 1 fully saturated rings. The van der Waals surface area contributed by atoms with Gasteiger partial charge in [-0.15, -0.1) is 0 Å². The van der Waals surface area contributed by atoms with Gasteiger partial charge in [0.05, 0.1) is 5.60 Å². The molecule has 1 aliphatic rings. The summed E-state index contributed by atoms with van der Waals surface area (Å²) in [5.74, 6) is 0. The summed E-state index contributed by atoms with van der Waals surface area (Å²) >= 11 is 0. The molecule has 2 atom stereocenters. The molecule has 0 aliphatic carbocycles. The van der Waals surface area contributed by atoms with E-state index in [0.717, 1.165) is 38.7 Å². The van der Waals surface area contributed by atoms with Crippen molar-refractivity contribution in [3.8, 4) is 0 Å². The molecular formula is C12H25NO2. The molecule has 1 saturated heterocycles. The summed E-state index contributed by atoms with van der Waals surface area (Å²) in [7, 11) is 0. The molecule has 1 rings (SSSR count). The second-order valence-electron chi connectivity index (χ2n) is 5.02. The van der Waals surface area contributed by atoms with E-state index >= 15 is 0 Å². The van der Waals surface area contributed by atoms with Crippen LogP contribution in [0.25, 0.3) is 0 Å². The third-order valence-electron chi connectivity index (χ3n) is 3.65. The monoisotopic (exact) mass is 215 g/mol. The quantitative estimate of drug-likeness (QED) is 0.752. The molecule has 0 aromatic carbocycles. The molecule has 1 aliphatic heterocycles. The predicted molar refractivity (Wildman–Crippen MR) is 61.7 cm³/mol. The maximum absolute atomic E-state index is 10.6. The van der Waals surface area contributed by atoms with Crippen LogP contribution in [0.2, 0.25) is 0 Å². The van der Waals surface area contributed by atoms with Crippen molar-refractivity contribution in [2.75, 3.05) is 13.2 Å². The number of ether oxygens (including phenoxy) is 1. The topological polar surface area (TPSA) is 55.5 Å². The molecule has 0 bridgehead atoms. The highest BCUT2D eigenvalue weighted by atomic mass is 16.5. The molecule has 0 radical (unpaired) electrons. The third kappa shape index (κ3) is 3.16. The average Bonchev–Trinajstić information content (AvgIpc) is 2.41. The molecule has 3 nitrogen and oxygen atoms in total. The molecule has 2 unspecified atom stereocenters. The standard InChI is InChI=1S/C12H25NO2/c1-3-4-6-11(2,13)12(14)7-5-9-15-10-8-12/h14H,3-10,13H2,1-2H3. The molecule has 3 heteroatoms. The lowest BCUT2D eigenvalue weighted by Crippen LogP contribution is -2.58. The Hall–Kier alpha value is -0.120. The van der Waals surface area contributed by atoms with Crippen LogP contribution in [0.1, 0.15) is 52.4 Å². The molecule has 1 heterocycles. The lowest BCUT2D eigenvalue weighted by molar-refractivity contribution is -0.0483. The molecule has 90 valence electrons. The van der Waals surface area contributed by atoms with E-state index in [2.05, 4.69) is 6.92 Å². The number of aliphatic hydroxyl groups is 1. The van der Waals surface area contributed by atoms with E-state index < -0.39 is 11.1 Å². The van der Waals surface area contributed by atoms with E-state index in [9.17, 15) is 5.11 Å². The van der Waals surface area contributed by atoms with Gasteiger partial charge >= 0.3 is 0 Å². The summed E-state index contributed by atoms with van der Waals surface area (Å²) in [6.45, 7) is 5.52. The summed E-state index contributed by atoms with van der Waals surface area (Å²) in [5, 5.41) is 10.6. The van der Waals surface area contributed by atoms with Gasteiger partial charge in [-0.25, -0.2) is 0 Å². The molecule has 0 spiro atoms. The van der Waals surface area contributed by atoms with Crippen molar-refractivity contribution in [3.63, 3.8) is 0 Å². The van der Waals surface area contributed by atoms with Crippen molar-refractivity contribution in [2.24, 2.45) is 5.73 Å². The van der Waals surface area contributed by atoms with Crippen LogP contribution >= 0.6 is 0 Å². The van der Waals surface area contributed by atoms with Crippen LogP contribution in [0.15, 0.2) is 0 Å². The lowest BCUT2D eigenvalue weighted by atomic mass is 9.74. The zero-order chi connectivity index (χ0) is 11.4. The van der Waals surface area contributed by atoms with E-state index in [4.69, 9.17) is 10.5 Å². The number of unbranched alkanes of at least 4 members (excludes halogenated alkanes) is 1. The first-order valence-electron chi connectivity index (χ1n) is 6.11. The Morgan fingerprint density at radius 3 is 2.80 bits per heavy atom. The van der Waals surface area contributed by atoms with Gasteiger partial charge in [0.1, 0.15) is 0 Å². The van der Waals surface area contributed by atoms with Crippen molar-refractivity contribution >= 4 is 0 Å². The minimum atomic E-state index is -0.737. The molecule has 0 amide bonds. The van der Waals surface area contributed by atoms with Crippen LogP contribution < -0.4 is 5.73 Å². The van der Waals surface area contributed by atoms with Crippen LogP contribution in [0.5, 0.6) is 0 Å². The van der Waals surface area contributed by atoms with Crippen molar-refractivity contribution in [1.82, 2.24) is 0 Å². The van der Waals surface area contributed by atoms with Crippen LogP contribution in [0, 0.1) is 0 Å². The zero-order valence-electron chi connectivity index (χ0n) is 10.1. The second-order valence-corrected chi connectivity index (χ2v) is 5.02. The smallest absolute Gasteiger partial charge is 0.0846 e. The predicted octanol–water partition coefficient (Wildman–Crippen LogP) is 1.83. The lowest BCUT2D eigenvalue weighted by Gasteiger charge is -2.42. The number of hydrogen-bond acceptors (Lipinski definition) is 3. The summed E-state index contributed by atoms with van der Waals surface area (Å²) in [6.07, 6.45) is 5.44. The Morgan fingerprint density at radius 2 is 2.13 bits per heavy atom. The maximum Gasteiger partial charge on any atom is 0.0846 e. The van der Waals surface area contributed by atoms with Crippen LogP contribution in [0.3, 0.4) is 0 Å². The van der Waals surface area contributed by atoms with Gasteiger partial charge in [-0.2, -0.15) is 0 Å².